The first-order valence-electron chi connectivity index (χ1n) is 14.0. The minimum atomic E-state index is 0.610. The first kappa shape index (κ1) is 22.0. The highest BCUT2D eigenvalue weighted by molar-refractivity contribution is 6.08. The van der Waals surface area contributed by atoms with Gasteiger partial charge in [0, 0.05) is 43.8 Å². The standard InChI is InChI=1S/C34H20N8/c1-2-8-20-19(7-1)27-35-28(20)37-30-23-11-5-6-12-24(23)32(39-30)41-34-26-18-15-13-17(18)14-16-25(26)33(42-34)40-31-22-10-4-3-9-21(22)29(36-27)38-31/h1-12,14,16H,13,15H2,(H2,35,36,37,38,39,40,41,42). The molecular formula is C34H20N8. The molecule has 0 unspecified atom stereocenters. The second-order valence-electron chi connectivity index (χ2n) is 10.9. The van der Waals surface area contributed by atoms with Gasteiger partial charge in [0.15, 0.2) is 23.3 Å². The van der Waals surface area contributed by atoms with E-state index in [1.54, 1.807) is 0 Å². The van der Waals surface area contributed by atoms with Crippen molar-refractivity contribution < 1.29 is 0 Å². The van der Waals surface area contributed by atoms with Crippen molar-refractivity contribution in [2.45, 2.75) is 12.8 Å². The summed E-state index contributed by atoms with van der Waals surface area (Å²) in [7, 11) is 0. The van der Waals surface area contributed by atoms with Crippen LogP contribution in [0.15, 0.2) is 84.9 Å². The predicted octanol–water partition coefficient (Wildman–Crippen LogP) is 6.97. The Hall–Kier alpha value is -5.76. The Balaban J connectivity index is 1.43. The lowest BCUT2D eigenvalue weighted by Gasteiger charge is -2.19. The number of aromatic amines is 2. The molecule has 8 bridgehead atoms. The van der Waals surface area contributed by atoms with Crippen molar-refractivity contribution in [1.29, 1.82) is 0 Å². The van der Waals surface area contributed by atoms with E-state index in [0.717, 1.165) is 67.9 Å². The highest BCUT2D eigenvalue weighted by Crippen LogP contribution is 2.39. The fourth-order valence-corrected chi connectivity index (χ4v) is 6.45. The molecule has 0 atom stereocenters. The molecular weight excluding hydrogens is 520 g/mol. The van der Waals surface area contributed by atoms with Crippen LogP contribution in [0, 0.1) is 0 Å². The molecule has 42 heavy (non-hydrogen) atoms. The number of aromatic nitrogens is 8. The number of nitrogens with one attached hydrogen (secondary N) is 2. The highest BCUT2D eigenvalue weighted by atomic mass is 15.1. The molecule has 0 radical (unpaired) electrons. The van der Waals surface area contributed by atoms with E-state index in [4.69, 9.17) is 29.9 Å². The second-order valence-corrected chi connectivity index (χ2v) is 10.9. The lowest BCUT2D eigenvalue weighted by molar-refractivity contribution is 0.853. The van der Waals surface area contributed by atoms with E-state index in [9.17, 15) is 0 Å². The summed E-state index contributed by atoms with van der Waals surface area (Å²) in [5.41, 5.74) is 9.34. The molecule has 2 N–H and O–H groups in total. The summed E-state index contributed by atoms with van der Waals surface area (Å²) in [6, 6.07) is 28.7. The lowest BCUT2D eigenvalue weighted by atomic mass is 9.85. The molecule has 2 aliphatic heterocycles. The normalized spacial score (nSPS) is 13.0. The largest absolute Gasteiger partial charge is 0.324 e. The van der Waals surface area contributed by atoms with Gasteiger partial charge in [-0.05, 0) is 24.0 Å². The summed E-state index contributed by atoms with van der Waals surface area (Å²) in [5, 5.41) is 4.06. The van der Waals surface area contributed by atoms with Crippen LogP contribution in [-0.2, 0) is 12.8 Å². The van der Waals surface area contributed by atoms with Gasteiger partial charge in [-0.2, -0.15) is 0 Å². The highest BCUT2D eigenvalue weighted by Gasteiger charge is 2.24. The molecule has 4 aromatic carbocycles. The number of benzene rings is 4. The van der Waals surface area contributed by atoms with Gasteiger partial charge in [-0.1, -0.05) is 84.9 Å². The van der Waals surface area contributed by atoms with Crippen LogP contribution in [0.4, 0.5) is 0 Å². The molecule has 3 aliphatic rings. The van der Waals surface area contributed by atoms with Crippen LogP contribution in [0.1, 0.15) is 11.1 Å². The van der Waals surface area contributed by atoms with Crippen LogP contribution in [0.5, 0.6) is 0 Å². The molecule has 0 spiro atoms. The van der Waals surface area contributed by atoms with Gasteiger partial charge in [0.2, 0.25) is 0 Å². The maximum atomic E-state index is 5.15. The van der Waals surface area contributed by atoms with Gasteiger partial charge in [-0.25, -0.2) is 29.9 Å². The third-order valence-corrected chi connectivity index (χ3v) is 8.57. The number of H-pyrrole nitrogens is 2. The van der Waals surface area contributed by atoms with E-state index in [-0.39, 0.29) is 0 Å². The van der Waals surface area contributed by atoms with Gasteiger partial charge in [0.1, 0.15) is 22.6 Å². The lowest BCUT2D eigenvalue weighted by Crippen LogP contribution is -2.07. The van der Waals surface area contributed by atoms with Gasteiger partial charge < -0.3 is 9.97 Å². The van der Waals surface area contributed by atoms with Crippen LogP contribution >= 0.6 is 0 Å². The average Bonchev–Trinajstić information content (AvgIpc) is 3.73. The molecule has 8 heteroatoms. The van der Waals surface area contributed by atoms with Crippen LogP contribution < -0.4 is 0 Å². The number of aryl methyl sites for hydroxylation is 2. The van der Waals surface area contributed by atoms with Crippen LogP contribution in [0.25, 0.3) is 89.7 Å². The monoisotopic (exact) mass is 540 g/mol. The Labute approximate surface area is 238 Å². The third-order valence-electron chi connectivity index (χ3n) is 8.57. The van der Waals surface area contributed by atoms with Gasteiger partial charge in [-0.15, -0.1) is 0 Å². The number of rotatable bonds is 0. The minimum absolute atomic E-state index is 0.610. The minimum Gasteiger partial charge on any atom is -0.324 e. The quantitative estimate of drug-likeness (QED) is 0.215. The van der Waals surface area contributed by atoms with Crippen molar-refractivity contribution in [2.24, 2.45) is 0 Å². The molecule has 0 fully saturated rings. The van der Waals surface area contributed by atoms with Crippen molar-refractivity contribution in [3.05, 3.63) is 96.1 Å². The zero-order valence-corrected chi connectivity index (χ0v) is 22.2. The Morgan fingerprint density at radius 2 is 0.857 bits per heavy atom. The topological polar surface area (TPSA) is 109 Å². The van der Waals surface area contributed by atoms with Gasteiger partial charge in [0.25, 0.3) is 0 Å². The molecule has 0 amide bonds. The number of fused-ring (bicyclic) bond motifs is 22. The summed E-state index contributed by atoms with van der Waals surface area (Å²) in [5.74, 6) is 2.47. The summed E-state index contributed by atoms with van der Waals surface area (Å²) >= 11 is 0. The van der Waals surface area contributed by atoms with Crippen molar-refractivity contribution in [2.75, 3.05) is 0 Å². The van der Waals surface area contributed by atoms with Gasteiger partial charge in [-0.3, -0.25) is 0 Å². The molecule has 5 heterocycles. The molecule has 8 nitrogen and oxygen atoms in total. The molecule has 0 saturated carbocycles. The fraction of sp³-hybridized carbons (Fsp3) is 0.0588. The van der Waals surface area contributed by atoms with E-state index in [2.05, 4.69) is 34.2 Å². The van der Waals surface area contributed by atoms with E-state index in [1.165, 1.54) is 11.1 Å². The van der Waals surface area contributed by atoms with Crippen LogP contribution in [-0.4, -0.2) is 39.9 Å². The zero-order chi connectivity index (χ0) is 27.4. The zero-order valence-electron chi connectivity index (χ0n) is 22.2. The van der Waals surface area contributed by atoms with Crippen molar-refractivity contribution in [3.63, 3.8) is 0 Å². The molecule has 7 aromatic rings. The van der Waals surface area contributed by atoms with Crippen LogP contribution in [0.2, 0.25) is 0 Å². The molecule has 10 rings (SSSR count). The first-order valence-corrected chi connectivity index (χ1v) is 14.0. The van der Waals surface area contributed by atoms with Gasteiger partial charge >= 0.3 is 0 Å². The second kappa shape index (κ2) is 7.92. The van der Waals surface area contributed by atoms with Crippen molar-refractivity contribution >= 4 is 44.1 Å². The fourth-order valence-electron chi connectivity index (χ4n) is 6.45. The SMILES string of the molecule is c1ccc2c(c1)-c1nc-2nc2[nH]c(nc3nc(nc4[nH]c(n1)c1ccccc41)-c1ccccc1-3)c1c3c(ccc21)CC3. The summed E-state index contributed by atoms with van der Waals surface area (Å²) in [6.45, 7) is 0. The summed E-state index contributed by atoms with van der Waals surface area (Å²) in [4.78, 5) is 37.3. The third kappa shape index (κ3) is 2.95. The summed E-state index contributed by atoms with van der Waals surface area (Å²) in [6.07, 6.45) is 2.10. The van der Waals surface area contributed by atoms with E-state index in [1.807, 2.05) is 60.7 Å². The maximum absolute atomic E-state index is 5.15. The predicted molar refractivity (Wildman–Crippen MR) is 163 cm³/mol. The smallest absolute Gasteiger partial charge is 0.164 e. The average molecular weight is 541 g/mol. The Bertz CT molecular complexity index is 2480. The number of nitrogens with zero attached hydrogens (tertiary/aromatic N) is 6. The van der Waals surface area contributed by atoms with E-state index < -0.39 is 0 Å². The molecule has 196 valence electrons. The van der Waals surface area contributed by atoms with Gasteiger partial charge in [0.05, 0.1) is 0 Å². The van der Waals surface area contributed by atoms with Crippen molar-refractivity contribution in [3.8, 4) is 45.6 Å². The van der Waals surface area contributed by atoms with Crippen molar-refractivity contribution in [1.82, 2.24) is 39.9 Å². The number of hydrogen-bond donors (Lipinski definition) is 2. The maximum Gasteiger partial charge on any atom is 0.164 e. The Kier molecular flexibility index (Phi) is 4.14. The summed E-state index contributed by atoms with van der Waals surface area (Å²) < 4.78 is 0. The molecule has 1 aliphatic carbocycles. The molecule has 3 aromatic heterocycles. The Morgan fingerprint density at radius 1 is 0.405 bits per heavy atom. The van der Waals surface area contributed by atoms with E-state index in [0.29, 0.717) is 34.6 Å². The molecule has 0 saturated heterocycles. The Morgan fingerprint density at radius 3 is 1.36 bits per heavy atom. The first-order chi connectivity index (χ1) is 20.8. The van der Waals surface area contributed by atoms with E-state index >= 15 is 0 Å². The van der Waals surface area contributed by atoms with Crippen LogP contribution in [0.3, 0.4) is 0 Å². The number of hydrogen-bond acceptors (Lipinski definition) is 6.